The summed E-state index contributed by atoms with van der Waals surface area (Å²) in [6, 6.07) is 9.27. The van der Waals surface area contributed by atoms with Crippen molar-refractivity contribution in [2.24, 2.45) is 0 Å². The van der Waals surface area contributed by atoms with Gasteiger partial charge in [0.05, 0.1) is 28.5 Å². The number of amides is 2. The van der Waals surface area contributed by atoms with Crippen molar-refractivity contribution in [1.29, 1.82) is 0 Å². The van der Waals surface area contributed by atoms with Gasteiger partial charge in [-0.25, -0.2) is 18.2 Å². The van der Waals surface area contributed by atoms with Gasteiger partial charge in [0.1, 0.15) is 0 Å². The lowest BCUT2D eigenvalue weighted by atomic mass is 10.1. The Balaban J connectivity index is 1.32. The fourth-order valence-corrected chi connectivity index (χ4v) is 6.30. The minimum atomic E-state index is -3.18. The summed E-state index contributed by atoms with van der Waals surface area (Å²) >= 11 is 1.42. The number of piperazine rings is 1. The summed E-state index contributed by atoms with van der Waals surface area (Å²) in [5, 5.41) is 13.4. The minimum Gasteiger partial charge on any atom is -0.390 e. The van der Waals surface area contributed by atoms with Crippen LogP contribution in [-0.4, -0.2) is 84.2 Å². The van der Waals surface area contributed by atoms with E-state index < -0.39 is 15.9 Å². The number of aliphatic hydroxyl groups excluding tert-OH is 1. The van der Waals surface area contributed by atoms with Gasteiger partial charge in [-0.3, -0.25) is 10.2 Å². The third-order valence-corrected chi connectivity index (χ3v) is 7.80. The van der Waals surface area contributed by atoms with Crippen LogP contribution in [0.2, 0.25) is 0 Å². The molecule has 2 aliphatic rings. The molecule has 0 bridgehead atoms. The molecule has 0 spiro atoms. The summed E-state index contributed by atoms with van der Waals surface area (Å²) in [7, 11) is -3.18. The summed E-state index contributed by atoms with van der Waals surface area (Å²) in [6.45, 7) is 2.04. The molecule has 2 saturated heterocycles. The number of nitrogens with zero attached hydrogens (tertiary/aromatic N) is 3. The highest BCUT2D eigenvalue weighted by Crippen LogP contribution is 2.29. The molecule has 10 heteroatoms. The molecule has 8 nitrogen and oxygen atoms in total. The average molecular weight is 423 g/mol. The van der Waals surface area contributed by atoms with E-state index in [0.29, 0.717) is 31.3 Å². The van der Waals surface area contributed by atoms with Gasteiger partial charge in [0, 0.05) is 32.4 Å². The number of rotatable bonds is 3. The first-order chi connectivity index (χ1) is 13.4. The number of aliphatic hydroxyl groups is 1. The molecule has 2 atom stereocenters. The van der Waals surface area contributed by atoms with Crippen LogP contribution in [0.1, 0.15) is 0 Å². The van der Waals surface area contributed by atoms with Crippen LogP contribution in [0, 0.1) is 0 Å². The van der Waals surface area contributed by atoms with Crippen molar-refractivity contribution in [2.45, 2.75) is 12.1 Å². The van der Waals surface area contributed by atoms with Gasteiger partial charge in [0.2, 0.25) is 0 Å². The molecule has 4 rings (SSSR count). The molecule has 0 unspecified atom stereocenters. The average Bonchev–Trinajstić information content (AvgIpc) is 3.26. The summed E-state index contributed by atoms with van der Waals surface area (Å²) in [5.41, 5.74) is 1.05. The van der Waals surface area contributed by atoms with Crippen LogP contribution in [0.4, 0.5) is 9.93 Å². The third-order valence-electron chi connectivity index (χ3n) is 5.14. The van der Waals surface area contributed by atoms with Crippen molar-refractivity contribution in [3.63, 3.8) is 0 Å². The SMILES string of the molecule is O=C(Nc1ncc(-c2ccccc2)s1)N1CCN([C@@H]2CS(=O)(=O)C[C@@H]2O)CC1. The quantitative estimate of drug-likeness (QED) is 0.768. The Morgan fingerprint density at radius 3 is 2.50 bits per heavy atom. The molecule has 1 aromatic heterocycles. The Hall–Kier alpha value is -2.01. The number of thiazole rings is 1. The first-order valence-electron chi connectivity index (χ1n) is 9.11. The van der Waals surface area contributed by atoms with E-state index in [1.165, 1.54) is 11.3 Å². The Morgan fingerprint density at radius 2 is 1.86 bits per heavy atom. The summed E-state index contributed by atoms with van der Waals surface area (Å²) in [5.74, 6) is -0.187. The minimum absolute atomic E-state index is 0.0122. The number of nitrogens with one attached hydrogen (secondary N) is 1. The van der Waals surface area contributed by atoms with Crippen molar-refractivity contribution >= 4 is 32.3 Å². The number of carbonyl (C=O) groups is 1. The normalized spacial score (nSPS) is 25.0. The van der Waals surface area contributed by atoms with Gasteiger partial charge in [0.25, 0.3) is 0 Å². The number of anilines is 1. The number of urea groups is 1. The maximum absolute atomic E-state index is 12.5. The van der Waals surface area contributed by atoms with E-state index in [0.717, 1.165) is 10.4 Å². The van der Waals surface area contributed by atoms with Gasteiger partial charge in [0.15, 0.2) is 15.0 Å². The zero-order chi connectivity index (χ0) is 19.7. The topological polar surface area (TPSA) is 103 Å². The highest BCUT2D eigenvalue weighted by molar-refractivity contribution is 7.91. The van der Waals surface area contributed by atoms with Crippen molar-refractivity contribution in [3.05, 3.63) is 36.5 Å². The fraction of sp³-hybridized carbons (Fsp3) is 0.444. The van der Waals surface area contributed by atoms with Crippen LogP contribution >= 0.6 is 11.3 Å². The molecule has 1 aromatic carbocycles. The summed E-state index contributed by atoms with van der Waals surface area (Å²) in [6.07, 6.45) is 0.896. The zero-order valence-corrected chi connectivity index (χ0v) is 16.8. The molecule has 0 aliphatic carbocycles. The molecule has 2 aliphatic heterocycles. The molecule has 28 heavy (non-hydrogen) atoms. The monoisotopic (exact) mass is 422 g/mol. The Labute approximate surface area is 167 Å². The van der Waals surface area contributed by atoms with E-state index >= 15 is 0 Å². The summed E-state index contributed by atoms with van der Waals surface area (Å²) < 4.78 is 23.4. The van der Waals surface area contributed by atoms with E-state index in [1.54, 1.807) is 11.1 Å². The van der Waals surface area contributed by atoms with Gasteiger partial charge < -0.3 is 10.0 Å². The van der Waals surface area contributed by atoms with Crippen LogP contribution in [0.25, 0.3) is 10.4 Å². The van der Waals surface area contributed by atoms with Crippen molar-refractivity contribution in [3.8, 4) is 10.4 Å². The second kappa shape index (κ2) is 7.78. The van der Waals surface area contributed by atoms with Gasteiger partial charge >= 0.3 is 6.03 Å². The lowest BCUT2D eigenvalue weighted by Crippen LogP contribution is -2.55. The van der Waals surface area contributed by atoms with Crippen LogP contribution in [0.5, 0.6) is 0 Å². The molecule has 0 saturated carbocycles. The predicted molar refractivity (Wildman–Crippen MR) is 108 cm³/mol. The molecular weight excluding hydrogens is 400 g/mol. The molecule has 2 N–H and O–H groups in total. The molecule has 0 radical (unpaired) electrons. The Morgan fingerprint density at radius 1 is 1.14 bits per heavy atom. The number of hydrogen-bond donors (Lipinski definition) is 2. The second-order valence-electron chi connectivity index (χ2n) is 7.06. The summed E-state index contributed by atoms with van der Waals surface area (Å²) in [4.78, 5) is 21.4. The molecule has 2 aromatic rings. The van der Waals surface area contributed by atoms with E-state index in [4.69, 9.17) is 0 Å². The lowest BCUT2D eigenvalue weighted by Gasteiger charge is -2.38. The fourth-order valence-electron chi connectivity index (χ4n) is 3.65. The van der Waals surface area contributed by atoms with Gasteiger partial charge in [-0.15, -0.1) is 0 Å². The third kappa shape index (κ3) is 4.19. The lowest BCUT2D eigenvalue weighted by molar-refractivity contribution is 0.0545. The largest absolute Gasteiger partial charge is 0.390 e. The standard InChI is InChI=1S/C18H22N4O4S2/c23-15-12-28(25,26)11-14(15)21-6-8-22(9-7-21)18(24)20-17-19-10-16(27-17)13-4-2-1-3-5-13/h1-5,10,14-15,23H,6-9,11-12H2,(H,19,20,24)/t14-,15+/m1/s1. The maximum Gasteiger partial charge on any atom is 0.323 e. The van der Waals surface area contributed by atoms with Crippen LogP contribution in [0.15, 0.2) is 36.5 Å². The van der Waals surface area contributed by atoms with E-state index in [-0.39, 0.29) is 23.6 Å². The number of hydrogen-bond acceptors (Lipinski definition) is 7. The number of sulfone groups is 1. The van der Waals surface area contributed by atoms with Crippen LogP contribution in [0.3, 0.4) is 0 Å². The van der Waals surface area contributed by atoms with Gasteiger partial charge in [-0.2, -0.15) is 0 Å². The number of aromatic nitrogens is 1. The number of benzene rings is 1. The van der Waals surface area contributed by atoms with E-state index in [2.05, 4.69) is 10.3 Å². The second-order valence-corrected chi connectivity index (χ2v) is 10.2. The molecule has 2 fully saturated rings. The van der Waals surface area contributed by atoms with E-state index in [9.17, 15) is 18.3 Å². The van der Waals surface area contributed by atoms with Crippen molar-refractivity contribution in [2.75, 3.05) is 43.0 Å². The Kier molecular flexibility index (Phi) is 5.37. The van der Waals surface area contributed by atoms with Crippen LogP contribution < -0.4 is 5.32 Å². The molecule has 2 amide bonds. The first-order valence-corrected chi connectivity index (χ1v) is 11.7. The van der Waals surface area contributed by atoms with Crippen molar-refractivity contribution in [1.82, 2.24) is 14.8 Å². The van der Waals surface area contributed by atoms with E-state index in [1.807, 2.05) is 35.2 Å². The van der Waals surface area contributed by atoms with Crippen molar-refractivity contribution < 1.29 is 18.3 Å². The highest BCUT2D eigenvalue weighted by atomic mass is 32.2. The van der Waals surface area contributed by atoms with Gasteiger partial charge in [-0.05, 0) is 5.56 Å². The van der Waals surface area contributed by atoms with Gasteiger partial charge in [-0.1, -0.05) is 41.7 Å². The predicted octanol–water partition coefficient (Wildman–Crippen LogP) is 1.12. The molecular formula is C18H22N4O4S2. The maximum atomic E-state index is 12.5. The van der Waals surface area contributed by atoms with Crippen LogP contribution in [-0.2, 0) is 9.84 Å². The Bertz CT molecular complexity index is 940. The smallest absolute Gasteiger partial charge is 0.323 e. The number of carbonyl (C=O) groups excluding carboxylic acids is 1. The molecule has 150 valence electrons. The zero-order valence-electron chi connectivity index (χ0n) is 15.2. The molecule has 3 heterocycles. The first kappa shape index (κ1) is 19.3. The highest BCUT2D eigenvalue weighted by Gasteiger charge is 2.41.